The van der Waals surface area contributed by atoms with E-state index in [0.29, 0.717) is 12.5 Å². The van der Waals surface area contributed by atoms with Gasteiger partial charge in [0.1, 0.15) is 0 Å². The Hall–Kier alpha value is 0.310. The first-order valence-corrected chi connectivity index (χ1v) is 6.20. The predicted octanol–water partition coefficient (Wildman–Crippen LogP) is 2.00. The van der Waals surface area contributed by atoms with Gasteiger partial charge in [0.05, 0.1) is 0 Å². The van der Waals surface area contributed by atoms with Crippen molar-refractivity contribution in [3.8, 4) is 0 Å². The maximum absolute atomic E-state index is 9.21. The van der Waals surface area contributed by atoms with Gasteiger partial charge in [0.15, 0.2) is 0 Å². The average Bonchev–Trinajstić information content (AvgIpc) is 2.60. The van der Waals surface area contributed by atoms with Crippen LogP contribution in [0.15, 0.2) is 0 Å². The van der Waals surface area contributed by atoms with Gasteiger partial charge in [0, 0.05) is 11.9 Å². The first-order valence-electron chi connectivity index (χ1n) is 4.91. The average molecular weight is 186 g/mol. The Bertz CT molecular complexity index is 167. The Kier molecular flexibility index (Phi) is 2.39. The Balaban J connectivity index is 2.07. The molecule has 5 atom stereocenters. The van der Waals surface area contributed by atoms with Gasteiger partial charge in [0.25, 0.3) is 0 Å². The number of fused-ring (bicyclic) bond motifs is 2. The molecule has 2 saturated carbocycles. The Morgan fingerprint density at radius 2 is 2.17 bits per heavy atom. The van der Waals surface area contributed by atoms with Crippen LogP contribution in [0.25, 0.3) is 0 Å². The predicted molar refractivity (Wildman–Crippen MR) is 53.3 cm³/mol. The second kappa shape index (κ2) is 3.22. The first-order chi connectivity index (χ1) is 5.77. The summed E-state index contributed by atoms with van der Waals surface area (Å²) in [6, 6.07) is 0. The summed E-state index contributed by atoms with van der Waals surface area (Å²) >= 11 is 2.03. The van der Waals surface area contributed by atoms with Crippen LogP contribution in [0, 0.1) is 23.7 Å². The second-order valence-corrected chi connectivity index (χ2v) is 5.45. The molecule has 0 aliphatic heterocycles. The molecule has 1 nitrogen and oxygen atoms in total. The van der Waals surface area contributed by atoms with Crippen molar-refractivity contribution in [3.05, 3.63) is 0 Å². The van der Waals surface area contributed by atoms with Gasteiger partial charge in [-0.2, -0.15) is 11.8 Å². The van der Waals surface area contributed by atoms with Crippen molar-refractivity contribution in [2.24, 2.45) is 23.7 Å². The third-order valence-electron chi connectivity index (χ3n) is 4.06. The summed E-state index contributed by atoms with van der Waals surface area (Å²) < 4.78 is 0. The van der Waals surface area contributed by atoms with E-state index in [4.69, 9.17) is 0 Å². The fourth-order valence-corrected chi connectivity index (χ4v) is 4.45. The molecule has 1 N–H and O–H groups in total. The van der Waals surface area contributed by atoms with Crippen LogP contribution in [0.1, 0.15) is 19.8 Å². The molecule has 0 aromatic rings. The van der Waals surface area contributed by atoms with E-state index in [1.165, 1.54) is 12.8 Å². The Morgan fingerprint density at radius 3 is 2.67 bits per heavy atom. The van der Waals surface area contributed by atoms with Crippen LogP contribution in [-0.4, -0.2) is 23.2 Å². The van der Waals surface area contributed by atoms with E-state index < -0.39 is 0 Å². The summed E-state index contributed by atoms with van der Waals surface area (Å²) in [5, 5.41) is 10.1. The molecule has 0 saturated heterocycles. The molecule has 2 heteroatoms. The number of aliphatic hydroxyl groups excluding tert-OH is 1. The second-order valence-electron chi connectivity index (χ2n) is 4.38. The lowest BCUT2D eigenvalue weighted by atomic mass is 9.81. The van der Waals surface area contributed by atoms with Crippen molar-refractivity contribution in [3.63, 3.8) is 0 Å². The summed E-state index contributed by atoms with van der Waals surface area (Å²) in [4.78, 5) is 0. The number of hydrogen-bond donors (Lipinski definition) is 1. The van der Waals surface area contributed by atoms with Crippen LogP contribution < -0.4 is 0 Å². The Morgan fingerprint density at radius 1 is 1.42 bits per heavy atom. The molecule has 5 unspecified atom stereocenters. The third-order valence-corrected chi connectivity index (χ3v) is 5.20. The molecule has 2 rings (SSSR count). The van der Waals surface area contributed by atoms with Gasteiger partial charge in [-0.1, -0.05) is 6.92 Å². The highest BCUT2D eigenvalue weighted by Crippen LogP contribution is 2.55. The minimum atomic E-state index is 0.420. The quantitative estimate of drug-likeness (QED) is 0.712. The fraction of sp³-hybridized carbons (Fsp3) is 1.00. The zero-order valence-electron chi connectivity index (χ0n) is 7.86. The molecule has 12 heavy (non-hydrogen) atoms. The molecule has 0 aromatic carbocycles. The summed E-state index contributed by atoms with van der Waals surface area (Å²) in [6.07, 6.45) is 4.98. The molecular formula is C10H18OS. The molecule has 0 amide bonds. The molecule has 2 aliphatic rings. The maximum Gasteiger partial charge on any atom is 0.0464 e. The van der Waals surface area contributed by atoms with Gasteiger partial charge in [0.2, 0.25) is 0 Å². The molecule has 70 valence electrons. The Labute approximate surface area is 78.9 Å². The van der Waals surface area contributed by atoms with E-state index in [1.807, 2.05) is 11.8 Å². The summed E-state index contributed by atoms with van der Waals surface area (Å²) in [6.45, 7) is 2.75. The molecule has 0 radical (unpaired) electrons. The van der Waals surface area contributed by atoms with Gasteiger partial charge in [-0.15, -0.1) is 0 Å². The molecule has 2 aliphatic carbocycles. The van der Waals surface area contributed by atoms with Crippen molar-refractivity contribution >= 4 is 11.8 Å². The van der Waals surface area contributed by atoms with E-state index in [-0.39, 0.29) is 0 Å². The lowest BCUT2D eigenvalue weighted by Gasteiger charge is -2.31. The highest BCUT2D eigenvalue weighted by atomic mass is 32.2. The number of aliphatic hydroxyl groups is 1. The van der Waals surface area contributed by atoms with Crippen LogP contribution in [0.2, 0.25) is 0 Å². The van der Waals surface area contributed by atoms with Gasteiger partial charge in [-0.3, -0.25) is 0 Å². The number of thioether (sulfide) groups is 1. The SMILES string of the molecule is CSC1CC2CC1C(C)C2CO. The topological polar surface area (TPSA) is 20.2 Å². The smallest absolute Gasteiger partial charge is 0.0464 e. The van der Waals surface area contributed by atoms with Crippen LogP contribution in [-0.2, 0) is 0 Å². The van der Waals surface area contributed by atoms with Crippen molar-refractivity contribution in [1.29, 1.82) is 0 Å². The first kappa shape index (κ1) is 8.89. The summed E-state index contributed by atoms with van der Waals surface area (Å²) in [5.41, 5.74) is 0. The van der Waals surface area contributed by atoms with Gasteiger partial charge < -0.3 is 5.11 Å². The highest BCUT2D eigenvalue weighted by molar-refractivity contribution is 7.99. The van der Waals surface area contributed by atoms with Crippen LogP contribution in [0.4, 0.5) is 0 Å². The summed E-state index contributed by atoms with van der Waals surface area (Å²) in [7, 11) is 0. The molecule has 0 aromatic heterocycles. The highest BCUT2D eigenvalue weighted by Gasteiger charge is 2.49. The van der Waals surface area contributed by atoms with Crippen LogP contribution >= 0.6 is 11.8 Å². The molecule has 2 fully saturated rings. The number of hydrogen-bond acceptors (Lipinski definition) is 2. The van der Waals surface area contributed by atoms with Crippen molar-refractivity contribution in [2.75, 3.05) is 12.9 Å². The zero-order valence-corrected chi connectivity index (χ0v) is 8.68. The molecule has 2 bridgehead atoms. The van der Waals surface area contributed by atoms with E-state index in [0.717, 1.165) is 23.0 Å². The van der Waals surface area contributed by atoms with Crippen LogP contribution in [0.3, 0.4) is 0 Å². The minimum absolute atomic E-state index is 0.420. The lowest BCUT2D eigenvalue weighted by Crippen LogP contribution is -2.29. The minimum Gasteiger partial charge on any atom is -0.396 e. The van der Waals surface area contributed by atoms with Gasteiger partial charge >= 0.3 is 0 Å². The van der Waals surface area contributed by atoms with Crippen molar-refractivity contribution in [2.45, 2.75) is 25.0 Å². The zero-order chi connectivity index (χ0) is 8.72. The molecule has 0 spiro atoms. The van der Waals surface area contributed by atoms with E-state index >= 15 is 0 Å². The lowest BCUT2D eigenvalue weighted by molar-refractivity contribution is 0.136. The monoisotopic (exact) mass is 186 g/mol. The molecule has 0 heterocycles. The standard InChI is InChI=1S/C10H18OS/c1-6-8-3-7(9(6)5-11)4-10(8)12-2/h6-11H,3-5H2,1-2H3. The fourth-order valence-electron chi connectivity index (χ4n) is 3.31. The molecular weight excluding hydrogens is 168 g/mol. The van der Waals surface area contributed by atoms with E-state index in [9.17, 15) is 5.11 Å². The van der Waals surface area contributed by atoms with Crippen molar-refractivity contribution < 1.29 is 5.11 Å². The summed E-state index contributed by atoms with van der Waals surface area (Å²) in [5.74, 6) is 3.14. The van der Waals surface area contributed by atoms with Gasteiger partial charge in [-0.05, 0) is 42.8 Å². The van der Waals surface area contributed by atoms with Crippen LogP contribution in [0.5, 0.6) is 0 Å². The largest absolute Gasteiger partial charge is 0.396 e. The normalized spacial score (nSPS) is 51.8. The number of rotatable bonds is 2. The maximum atomic E-state index is 9.21. The van der Waals surface area contributed by atoms with E-state index in [2.05, 4.69) is 13.2 Å². The van der Waals surface area contributed by atoms with Gasteiger partial charge in [-0.25, -0.2) is 0 Å². The van der Waals surface area contributed by atoms with E-state index in [1.54, 1.807) is 0 Å². The van der Waals surface area contributed by atoms with Crippen molar-refractivity contribution in [1.82, 2.24) is 0 Å². The third kappa shape index (κ3) is 1.12.